The number of hydrogen-bond acceptors (Lipinski definition) is 30. The Labute approximate surface area is 589 Å². The van der Waals surface area contributed by atoms with Crippen LogP contribution in [0.25, 0.3) is 6.08 Å². The second-order valence-corrected chi connectivity index (χ2v) is 31.5. The van der Waals surface area contributed by atoms with E-state index in [0.717, 1.165) is 24.9 Å². The van der Waals surface area contributed by atoms with Crippen molar-refractivity contribution in [3.8, 4) is 5.75 Å². The van der Waals surface area contributed by atoms with Crippen molar-refractivity contribution in [3.05, 3.63) is 47.6 Å². The SMILES string of the molecule is COc1ccc(C=CC(=O)O[C@@H]2[C@H](OC(C)=O)[C@@H](O[C@H]3O[C@@H](C)[C@H](O)[C@H](O)[C@@H]3O)[C@H](OC(=O)[C@@]34CCC(C)(C)C[C@H]3C3=CC[C@H]5[C@@]6(C)CC[C@H](O[C@@H]7O[C@H](C(=O)O)[C@@H](O)[C@H](O[C@@H]8OC[C@H](O)[C@@H](O)[C@H]8O)[C@H]7O[C@H]7O[C@@H](CO)[C@H](O)[C@@H](O)[C@H]7O)[C@](C)(C=O)[C@@H]6CC[C@]5(C)[C@]3(C)C[C@H]4O)O[C@H]2C)cc1. The van der Waals surface area contributed by atoms with Gasteiger partial charge in [-0.1, -0.05) is 65.3 Å². The monoisotopic (exact) mass is 1450 g/mol. The number of hydrogen-bond donors (Lipinski definition) is 13. The van der Waals surface area contributed by atoms with E-state index in [-0.39, 0.29) is 25.2 Å². The molecule has 0 bridgehead atoms. The summed E-state index contributed by atoms with van der Waals surface area (Å²) in [6.45, 7) is 14.8. The zero-order valence-corrected chi connectivity index (χ0v) is 58.8. The molecule has 9 fully saturated rings. The highest BCUT2D eigenvalue weighted by atomic mass is 16.8. The molecule has 31 heteroatoms. The van der Waals surface area contributed by atoms with Crippen LogP contribution in [-0.2, 0) is 80.8 Å². The first-order valence-electron chi connectivity index (χ1n) is 35.2. The van der Waals surface area contributed by atoms with Gasteiger partial charge in [-0.2, -0.15) is 0 Å². The van der Waals surface area contributed by atoms with Crippen LogP contribution in [0.3, 0.4) is 0 Å². The van der Waals surface area contributed by atoms with Gasteiger partial charge in [-0.05, 0) is 135 Å². The number of aliphatic carboxylic acids is 1. The van der Waals surface area contributed by atoms with E-state index in [2.05, 4.69) is 40.7 Å². The minimum absolute atomic E-state index is 0.0483. The summed E-state index contributed by atoms with van der Waals surface area (Å²) in [5.41, 5.74) is -4.17. The molecule has 572 valence electrons. The van der Waals surface area contributed by atoms with Crippen molar-refractivity contribution in [3.63, 3.8) is 0 Å². The van der Waals surface area contributed by atoms with E-state index >= 15 is 4.79 Å². The molecular weight excluding hydrogens is 1350 g/mol. The molecule has 102 heavy (non-hydrogen) atoms. The van der Waals surface area contributed by atoms with Crippen molar-refractivity contribution >= 4 is 36.2 Å². The van der Waals surface area contributed by atoms with Crippen LogP contribution in [0, 0.1) is 50.2 Å². The van der Waals surface area contributed by atoms with Crippen molar-refractivity contribution < 1.29 is 152 Å². The van der Waals surface area contributed by atoms with E-state index in [1.54, 1.807) is 31.2 Å². The lowest BCUT2D eigenvalue weighted by molar-refractivity contribution is -0.391. The molecule has 0 amide bonds. The largest absolute Gasteiger partial charge is 0.497 e. The summed E-state index contributed by atoms with van der Waals surface area (Å²) in [4.78, 5) is 70.2. The lowest BCUT2D eigenvalue weighted by Gasteiger charge is -2.71. The Hall–Kier alpha value is -4.79. The number of benzene rings is 1. The van der Waals surface area contributed by atoms with Crippen LogP contribution in [-0.4, -0.2) is 277 Å². The van der Waals surface area contributed by atoms with Crippen LogP contribution < -0.4 is 4.74 Å². The number of rotatable bonds is 18. The first-order valence-corrected chi connectivity index (χ1v) is 35.2. The van der Waals surface area contributed by atoms with Crippen molar-refractivity contribution in [1.82, 2.24) is 0 Å². The number of ether oxygens (including phenoxy) is 13. The van der Waals surface area contributed by atoms with E-state index in [4.69, 9.17) is 61.6 Å². The second-order valence-electron chi connectivity index (χ2n) is 31.5. The molecule has 0 aromatic heterocycles. The van der Waals surface area contributed by atoms with Crippen LogP contribution in [0.5, 0.6) is 5.75 Å². The van der Waals surface area contributed by atoms with Gasteiger partial charge in [0.2, 0.25) is 6.29 Å². The Bertz CT molecular complexity index is 3240. The fourth-order valence-corrected chi connectivity index (χ4v) is 19.0. The van der Waals surface area contributed by atoms with Crippen LogP contribution in [0.15, 0.2) is 42.0 Å². The number of methoxy groups -OCH3 is 1. The number of carboxylic acid groups (broad SMARTS) is 1. The number of aliphatic hydroxyl groups excluding tert-OH is 12. The van der Waals surface area contributed by atoms with Gasteiger partial charge in [0.1, 0.15) is 96.8 Å². The molecule has 4 saturated carbocycles. The number of allylic oxidation sites excluding steroid dienone is 2. The molecule has 10 aliphatic rings. The third-order valence-electron chi connectivity index (χ3n) is 25.1. The molecule has 11 rings (SSSR count). The number of aldehydes is 1. The van der Waals surface area contributed by atoms with Crippen LogP contribution in [0.2, 0.25) is 0 Å². The molecule has 31 nitrogen and oxygen atoms in total. The van der Waals surface area contributed by atoms with Gasteiger partial charge in [-0.3, -0.25) is 9.59 Å². The Morgan fingerprint density at radius 3 is 1.87 bits per heavy atom. The van der Waals surface area contributed by atoms with Gasteiger partial charge in [0.15, 0.2) is 49.6 Å². The smallest absolute Gasteiger partial charge is 0.335 e. The predicted octanol–water partition coefficient (Wildman–Crippen LogP) is -0.431. The highest BCUT2D eigenvalue weighted by Gasteiger charge is 2.73. The predicted molar refractivity (Wildman–Crippen MR) is 344 cm³/mol. The Balaban J connectivity index is 0.891. The van der Waals surface area contributed by atoms with Crippen LogP contribution in [0.1, 0.15) is 126 Å². The van der Waals surface area contributed by atoms with E-state index in [9.17, 15) is 85.6 Å². The molecule has 5 aliphatic carbocycles. The quantitative estimate of drug-likeness (QED) is 0.0221. The Morgan fingerprint density at radius 1 is 0.608 bits per heavy atom. The normalized spacial score (nSPS) is 48.5. The van der Waals surface area contributed by atoms with E-state index in [1.807, 2.05) is 0 Å². The van der Waals surface area contributed by atoms with Gasteiger partial charge >= 0.3 is 23.9 Å². The number of aliphatic hydroxyl groups is 12. The topological polar surface area (TPSA) is 468 Å². The molecule has 1 aromatic carbocycles. The third-order valence-corrected chi connectivity index (χ3v) is 25.1. The van der Waals surface area contributed by atoms with Crippen molar-refractivity contribution in [2.24, 2.45) is 50.2 Å². The standard InChI is InChI=1S/C71H102O31/c1-30-44(78)47(81)50(84)61(92-30)101-58-56(94-32(3)74)53(97-43(77)18-13-33-11-14-34(90-10)15-12-33)31(2)93-63(58)102-65(89)71-24-23-66(4,5)25-36(71)35-16-17-40-67(6)21-20-42(68(7,29-73)39(67)19-22-69(40,8)70(35,9)26-41(71)76)96-64-57(100-62-51(85)48(82)46(80)38(27-72)95-62)54(52(86)55(99-64)59(87)88)98-60-49(83)45(79)37(75)28-91-60/h11-16,18,29-31,36-42,44-58,60-64,72,75-76,78-86H,17,19-28H2,1-10H3,(H,87,88)/t30-,31-,36-,37-,38-,39+,40-,41+,42-,44-,45+,46-,47-,48+,49+,50-,51+,52-,53-,54-,55-,56-,57+,58+,60-,61+,62+,63-,64+,67-,68+,69-,70+,71-/m0/s1. The molecular formula is C71H102O31. The fourth-order valence-electron chi connectivity index (χ4n) is 19.0. The van der Waals surface area contributed by atoms with Crippen molar-refractivity contribution in [1.29, 1.82) is 0 Å². The summed E-state index contributed by atoms with van der Waals surface area (Å²) in [7, 11) is 1.51. The molecule has 0 unspecified atom stereocenters. The third kappa shape index (κ3) is 13.8. The number of carbonyl (C=O) groups excluding carboxylic acids is 4. The zero-order chi connectivity index (χ0) is 74.4. The summed E-state index contributed by atoms with van der Waals surface area (Å²) >= 11 is 0. The summed E-state index contributed by atoms with van der Waals surface area (Å²) in [6.07, 6.45) is -37.4. The minimum atomic E-state index is -2.22. The highest BCUT2D eigenvalue weighted by molar-refractivity contribution is 5.87. The van der Waals surface area contributed by atoms with Crippen molar-refractivity contribution in [2.45, 2.75) is 280 Å². The molecule has 0 radical (unpaired) electrons. The maximum atomic E-state index is 16.0. The number of esters is 3. The van der Waals surface area contributed by atoms with Gasteiger partial charge in [0.25, 0.3) is 0 Å². The average molecular weight is 1450 g/mol. The Morgan fingerprint density at radius 2 is 1.24 bits per heavy atom. The maximum Gasteiger partial charge on any atom is 0.335 e. The summed E-state index contributed by atoms with van der Waals surface area (Å²) in [6, 6.07) is 6.78. The second kappa shape index (κ2) is 29.8. The zero-order valence-electron chi connectivity index (χ0n) is 58.8. The molecule has 1 aromatic rings. The molecule has 5 saturated heterocycles. The van der Waals surface area contributed by atoms with Gasteiger partial charge < -0.3 is 133 Å². The van der Waals surface area contributed by atoms with E-state index in [0.29, 0.717) is 49.8 Å². The van der Waals surface area contributed by atoms with Crippen LogP contribution in [0.4, 0.5) is 0 Å². The number of carbonyl (C=O) groups is 5. The molecule has 5 aliphatic heterocycles. The summed E-state index contributed by atoms with van der Waals surface area (Å²) in [5.74, 6) is -5.21. The van der Waals surface area contributed by atoms with Gasteiger partial charge in [0.05, 0.1) is 50.2 Å². The highest BCUT2D eigenvalue weighted by Crippen LogP contribution is 2.76. The number of fused-ring (bicyclic) bond motifs is 7. The first kappa shape index (κ1) is 78.3. The van der Waals surface area contributed by atoms with E-state index in [1.165, 1.54) is 27.0 Å². The van der Waals surface area contributed by atoms with Crippen LogP contribution >= 0.6 is 0 Å². The lowest BCUT2D eigenvalue weighted by Crippen LogP contribution is -2.69. The Kier molecular flexibility index (Phi) is 22.8. The molecule has 13 N–H and O–H groups in total. The first-order chi connectivity index (χ1) is 47.9. The fraction of sp³-hybridized carbons (Fsp3) is 0.789. The van der Waals surface area contributed by atoms with Gasteiger partial charge in [0, 0.05) is 13.0 Å². The summed E-state index contributed by atoms with van der Waals surface area (Å²) in [5, 5.41) is 144. The molecule has 5 heterocycles. The van der Waals surface area contributed by atoms with Gasteiger partial charge in [-0.15, -0.1) is 0 Å². The maximum absolute atomic E-state index is 16.0. The molecule has 0 spiro atoms. The minimum Gasteiger partial charge on any atom is -0.497 e. The average Bonchev–Trinajstić information content (AvgIpc) is 0.669. The molecule has 34 atom stereocenters. The van der Waals surface area contributed by atoms with E-state index < -0.39 is 241 Å². The lowest BCUT2D eigenvalue weighted by atomic mass is 9.33. The van der Waals surface area contributed by atoms with Crippen molar-refractivity contribution in [2.75, 3.05) is 20.3 Å². The number of carboxylic acids is 1. The van der Waals surface area contributed by atoms with Gasteiger partial charge in [-0.25, -0.2) is 9.59 Å². The summed E-state index contributed by atoms with van der Waals surface area (Å²) < 4.78 is 78.7.